The summed E-state index contributed by atoms with van der Waals surface area (Å²) in [6.45, 7) is 3.78. The van der Waals surface area contributed by atoms with Crippen LogP contribution in [0.15, 0.2) is 5.38 Å². The quantitative estimate of drug-likeness (QED) is 0.655. The Morgan fingerprint density at radius 1 is 1.59 bits per heavy atom. The van der Waals surface area contributed by atoms with Crippen LogP contribution in [0.4, 0.5) is 0 Å². The predicted octanol–water partition coefficient (Wildman–Crippen LogP) is 3.03. The van der Waals surface area contributed by atoms with Crippen molar-refractivity contribution < 1.29 is 4.74 Å². The zero-order valence-corrected chi connectivity index (χ0v) is 11.6. The van der Waals surface area contributed by atoms with Crippen LogP contribution in [0.1, 0.15) is 35.7 Å². The second kappa shape index (κ2) is 6.16. The average molecular weight is 275 g/mol. The number of hydrazine groups is 1. The van der Waals surface area contributed by atoms with Crippen LogP contribution >= 0.6 is 22.9 Å². The molecule has 96 valence electrons. The van der Waals surface area contributed by atoms with E-state index in [1.165, 1.54) is 0 Å². The minimum atomic E-state index is 0.171. The molecule has 17 heavy (non-hydrogen) atoms. The Kier molecular flexibility index (Phi) is 4.82. The Morgan fingerprint density at radius 3 is 2.82 bits per heavy atom. The summed E-state index contributed by atoms with van der Waals surface area (Å²) in [5, 5.41) is 2.96. The van der Waals surface area contributed by atoms with Crippen molar-refractivity contribution in [2.75, 3.05) is 13.2 Å². The molecule has 1 aliphatic heterocycles. The maximum Gasteiger partial charge on any atom is 0.0590 e. The van der Waals surface area contributed by atoms with Gasteiger partial charge in [-0.3, -0.25) is 11.3 Å². The second-order valence-electron chi connectivity index (χ2n) is 4.61. The fourth-order valence-electron chi connectivity index (χ4n) is 2.25. The molecule has 1 aromatic rings. The van der Waals surface area contributed by atoms with E-state index in [-0.39, 0.29) is 6.04 Å². The molecule has 0 bridgehead atoms. The second-order valence-corrected chi connectivity index (χ2v) is 5.90. The number of rotatable bonds is 4. The van der Waals surface area contributed by atoms with Gasteiger partial charge in [0.2, 0.25) is 0 Å². The van der Waals surface area contributed by atoms with Gasteiger partial charge in [-0.15, -0.1) is 11.3 Å². The summed E-state index contributed by atoms with van der Waals surface area (Å²) in [6, 6.07) is 0.171. The lowest BCUT2D eigenvalue weighted by Gasteiger charge is -2.26. The van der Waals surface area contributed by atoms with Gasteiger partial charge in [0.1, 0.15) is 0 Å². The summed E-state index contributed by atoms with van der Waals surface area (Å²) in [5.41, 5.74) is 4.04. The summed E-state index contributed by atoms with van der Waals surface area (Å²) < 4.78 is 5.37. The van der Waals surface area contributed by atoms with Gasteiger partial charge in [0.15, 0.2) is 0 Å². The average Bonchev–Trinajstić information content (AvgIpc) is 2.69. The monoisotopic (exact) mass is 274 g/mol. The highest BCUT2D eigenvalue weighted by atomic mass is 35.5. The summed E-state index contributed by atoms with van der Waals surface area (Å²) in [7, 11) is 0. The van der Waals surface area contributed by atoms with Crippen LogP contribution in [0.3, 0.4) is 0 Å². The molecular weight excluding hydrogens is 256 g/mol. The summed E-state index contributed by atoms with van der Waals surface area (Å²) >= 11 is 7.98. The van der Waals surface area contributed by atoms with Gasteiger partial charge in [-0.25, -0.2) is 0 Å². The molecule has 0 spiro atoms. The lowest BCUT2D eigenvalue weighted by molar-refractivity contribution is 0.0606. The molecule has 0 saturated carbocycles. The van der Waals surface area contributed by atoms with Crippen LogP contribution in [-0.2, 0) is 4.74 Å². The van der Waals surface area contributed by atoms with Crippen molar-refractivity contribution >= 4 is 22.9 Å². The van der Waals surface area contributed by atoms with E-state index in [1.807, 2.05) is 6.92 Å². The molecule has 0 aromatic carbocycles. The van der Waals surface area contributed by atoms with E-state index in [9.17, 15) is 0 Å². The van der Waals surface area contributed by atoms with Gasteiger partial charge in [-0.1, -0.05) is 11.6 Å². The van der Waals surface area contributed by atoms with E-state index in [2.05, 4.69) is 10.8 Å². The van der Waals surface area contributed by atoms with E-state index >= 15 is 0 Å². The van der Waals surface area contributed by atoms with Crippen molar-refractivity contribution in [2.24, 2.45) is 11.8 Å². The summed E-state index contributed by atoms with van der Waals surface area (Å²) in [5.74, 6) is 6.35. The van der Waals surface area contributed by atoms with Gasteiger partial charge in [0.05, 0.1) is 11.1 Å². The minimum absolute atomic E-state index is 0.171. The Labute approximate surface area is 111 Å². The molecule has 0 amide bonds. The minimum Gasteiger partial charge on any atom is -0.381 e. The van der Waals surface area contributed by atoms with Crippen LogP contribution in [0, 0.1) is 12.8 Å². The zero-order valence-electron chi connectivity index (χ0n) is 10.0. The Balaban J connectivity index is 2.03. The number of hydrogen-bond acceptors (Lipinski definition) is 4. The normalized spacial score (nSPS) is 19.5. The molecule has 1 aromatic heterocycles. The van der Waals surface area contributed by atoms with Crippen LogP contribution in [0.2, 0.25) is 5.02 Å². The topological polar surface area (TPSA) is 47.3 Å². The number of aryl methyl sites for hydroxylation is 1. The summed E-state index contributed by atoms with van der Waals surface area (Å²) in [6.07, 6.45) is 3.29. The van der Waals surface area contributed by atoms with Crippen LogP contribution in [0.5, 0.6) is 0 Å². The first kappa shape index (κ1) is 13.3. The van der Waals surface area contributed by atoms with E-state index in [0.717, 1.165) is 47.9 Å². The van der Waals surface area contributed by atoms with Gasteiger partial charge >= 0.3 is 0 Å². The number of hydrogen-bond donors (Lipinski definition) is 2. The van der Waals surface area contributed by atoms with E-state index in [0.29, 0.717) is 5.92 Å². The molecule has 2 heterocycles. The third-order valence-electron chi connectivity index (χ3n) is 3.35. The molecular formula is C12H19ClN2OS. The maximum absolute atomic E-state index is 6.29. The first-order chi connectivity index (χ1) is 8.22. The zero-order chi connectivity index (χ0) is 12.3. The molecule has 1 unspecified atom stereocenters. The van der Waals surface area contributed by atoms with Crippen molar-refractivity contribution in [1.82, 2.24) is 5.43 Å². The largest absolute Gasteiger partial charge is 0.381 e. The molecule has 1 aliphatic rings. The Hall–Kier alpha value is -0.130. The highest BCUT2D eigenvalue weighted by molar-refractivity contribution is 7.10. The van der Waals surface area contributed by atoms with Crippen LogP contribution in [0.25, 0.3) is 0 Å². The lowest BCUT2D eigenvalue weighted by Crippen LogP contribution is -2.30. The van der Waals surface area contributed by atoms with Gasteiger partial charge in [0.25, 0.3) is 0 Å². The molecule has 2 rings (SSSR count). The maximum atomic E-state index is 6.29. The third kappa shape index (κ3) is 3.20. The van der Waals surface area contributed by atoms with Gasteiger partial charge < -0.3 is 4.74 Å². The van der Waals surface area contributed by atoms with Gasteiger partial charge in [0, 0.05) is 18.1 Å². The van der Waals surface area contributed by atoms with E-state index in [4.69, 9.17) is 22.2 Å². The Morgan fingerprint density at radius 2 is 2.29 bits per heavy atom. The molecule has 1 atom stereocenters. The first-order valence-corrected chi connectivity index (χ1v) is 7.25. The van der Waals surface area contributed by atoms with Crippen molar-refractivity contribution in [2.45, 2.75) is 32.2 Å². The first-order valence-electron chi connectivity index (χ1n) is 5.99. The van der Waals surface area contributed by atoms with E-state index < -0.39 is 0 Å². The standard InChI is InChI=1S/C12H19ClN2OS/c1-8-7-17-12(11(8)13)10(15-14)6-9-2-4-16-5-3-9/h7,9-10,15H,2-6,14H2,1H3. The molecule has 3 N–H and O–H groups in total. The number of thiophene rings is 1. The van der Waals surface area contributed by atoms with Crippen molar-refractivity contribution in [1.29, 1.82) is 0 Å². The summed E-state index contributed by atoms with van der Waals surface area (Å²) in [4.78, 5) is 1.16. The van der Waals surface area contributed by atoms with Crippen molar-refractivity contribution in [3.63, 3.8) is 0 Å². The van der Waals surface area contributed by atoms with Gasteiger partial charge in [-0.2, -0.15) is 0 Å². The SMILES string of the molecule is Cc1csc(C(CC2CCOCC2)NN)c1Cl. The van der Waals surface area contributed by atoms with Crippen molar-refractivity contribution in [3.8, 4) is 0 Å². The van der Waals surface area contributed by atoms with E-state index in [1.54, 1.807) is 11.3 Å². The van der Waals surface area contributed by atoms with Crippen LogP contribution < -0.4 is 11.3 Å². The molecule has 1 saturated heterocycles. The molecule has 5 heteroatoms. The molecule has 3 nitrogen and oxygen atoms in total. The lowest BCUT2D eigenvalue weighted by atomic mass is 9.92. The fraction of sp³-hybridized carbons (Fsp3) is 0.667. The fourth-order valence-corrected chi connectivity index (χ4v) is 3.65. The number of ether oxygens (including phenoxy) is 1. The number of halogens is 1. The smallest absolute Gasteiger partial charge is 0.0590 e. The highest BCUT2D eigenvalue weighted by Crippen LogP contribution is 2.36. The van der Waals surface area contributed by atoms with Crippen molar-refractivity contribution in [3.05, 3.63) is 20.8 Å². The highest BCUT2D eigenvalue weighted by Gasteiger charge is 2.22. The third-order valence-corrected chi connectivity index (χ3v) is 5.18. The molecule has 0 aliphatic carbocycles. The van der Waals surface area contributed by atoms with Gasteiger partial charge in [-0.05, 0) is 43.0 Å². The molecule has 1 fully saturated rings. The molecule has 0 radical (unpaired) electrons. The number of nitrogens with two attached hydrogens (primary N) is 1. The number of nitrogens with one attached hydrogen (secondary N) is 1. The Bertz CT molecular complexity index is 363. The predicted molar refractivity (Wildman–Crippen MR) is 72.3 cm³/mol. The van der Waals surface area contributed by atoms with Crippen LogP contribution in [-0.4, -0.2) is 13.2 Å².